The highest BCUT2D eigenvalue weighted by molar-refractivity contribution is 5.82. The number of likely N-dealkylation sites (tertiary alicyclic amines) is 1. The van der Waals surface area contributed by atoms with Crippen LogP contribution in [0.3, 0.4) is 0 Å². The molecule has 0 aromatic heterocycles. The lowest BCUT2D eigenvalue weighted by Gasteiger charge is -2.47. The van der Waals surface area contributed by atoms with E-state index in [1.807, 2.05) is 27.7 Å². The van der Waals surface area contributed by atoms with Crippen LogP contribution < -0.4 is 0 Å². The number of rotatable bonds is 3. The van der Waals surface area contributed by atoms with Gasteiger partial charge in [-0.05, 0) is 34.1 Å². The zero-order chi connectivity index (χ0) is 14.0. The van der Waals surface area contributed by atoms with Crippen LogP contribution in [0.25, 0.3) is 0 Å². The molecule has 1 rings (SSSR count). The minimum absolute atomic E-state index is 0.215. The van der Waals surface area contributed by atoms with Crippen molar-refractivity contribution in [1.29, 1.82) is 0 Å². The lowest BCUT2D eigenvalue weighted by molar-refractivity contribution is -0.166. The number of carbonyl (C=O) groups is 2. The maximum atomic E-state index is 11.8. The lowest BCUT2D eigenvalue weighted by Crippen LogP contribution is -2.62. The van der Waals surface area contributed by atoms with E-state index in [0.717, 1.165) is 0 Å². The van der Waals surface area contributed by atoms with Crippen molar-refractivity contribution in [2.75, 3.05) is 19.7 Å². The smallest absolute Gasteiger partial charge is 0.410 e. The molecule has 0 aliphatic carbocycles. The predicted molar refractivity (Wildman–Crippen MR) is 67.2 cm³/mol. The van der Waals surface area contributed by atoms with Crippen LogP contribution in [0.4, 0.5) is 4.79 Å². The molecule has 0 aromatic carbocycles. The lowest BCUT2D eigenvalue weighted by atomic mass is 9.77. The zero-order valence-electron chi connectivity index (χ0n) is 11.9. The van der Waals surface area contributed by atoms with Crippen molar-refractivity contribution in [3.63, 3.8) is 0 Å². The summed E-state index contributed by atoms with van der Waals surface area (Å²) in [5.74, 6) is -0.215. The Morgan fingerprint density at radius 2 is 1.78 bits per heavy atom. The van der Waals surface area contributed by atoms with Crippen LogP contribution in [0.1, 0.15) is 41.0 Å². The molecule has 1 aliphatic rings. The second-order valence-corrected chi connectivity index (χ2v) is 5.69. The van der Waals surface area contributed by atoms with Gasteiger partial charge < -0.3 is 14.4 Å². The fourth-order valence-corrected chi connectivity index (χ4v) is 1.92. The molecule has 104 valence electrons. The van der Waals surface area contributed by atoms with E-state index < -0.39 is 11.0 Å². The number of amides is 1. The van der Waals surface area contributed by atoms with Crippen molar-refractivity contribution in [3.8, 4) is 0 Å². The van der Waals surface area contributed by atoms with E-state index in [-0.39, 0.29) is 12.1 Å². The van der Waals surface area contributed by atoms with Crippen molar-refractivity contribution in [2.45, 2.75) is 46.6 Å². The summed E-state index contributed by atoms with van der Waals surface area (Å²) in [5, 5.41) is 0. The highest BCUT2D eigenvalue weighted by atomic mass is 16.6. The average Bonchev–Trinajstić information content (AvgIpc) is 2.14. The minimum atomic E-state index is -0.535. The molecule has 1 heterocycles. The molecule has 5 nitrogen and oxygen atoms in total. The van der Waals surface area contributed by atoms with Gasteiger partial charge in [0.25, 0.3) is 0 Å². The molecule has 18 heavy (non-hydrogen) atoms. The molecule has 1 aliphatic heterocycles. The van der Waals surface area contributed by atoms with Crippen LogP contribution in [0, 0.1) is 5.41 Å². The van der Waals surface area contributed by atoms with Gasteiger partial charge in [-0.2, -0.15) is 0 Å². The van der Waals surface area contributed by atoms with E-state index in [2.05, 4.69) is 0 Å². The first-order valence-electron chi connectivity index (χ1n) is 6.39. The number of hydrogen-bond acceptors (Lipinski definition) is 4. The summed E-state index contributed by atoms with van der Waals surface area (Å²) in [4.78, 5) is 25.2. The van der Waals surface area contributed by atoms with Crippen molar-refractivity contribution in [3.05, 3.63) is 0 Å². The Balaban J connectivity index is 2.55. The molecule has 0 N–H and O–H groups in total. The van der Waals surface area contributed by atoms with Crippen LogP contribution in [0.2, 0.25) is 0 Å². The molecule has 0 spiro atoms. The van der Waals surface area contributed by atoms with Gasteiger partial charge in [0, 0.05) is 13.1 Å². The van der Waals surface area contributed by atoms with Gasteiger partial charge in [0.15, 0.2) is 0 Å². The van der Waals surface area contributed by atoms with E-state index in [4.69, 9.17) is 9.47 Å². The average molecular weight is 257 g/mol. The van der Waals surface area contributed by atoms with E-state index in [1.165, 1.54) is 0 Å². The summed E-state index contributed by atoms with van der Waals surface area (Å²) >= 11 is 0. The Hall–Kier alpha value is -1.26. The Morgan fingerprint density at radius 1 is 1.22 bits per heavy atom. The molecule has 0 bridgehead atoms. The standard InChI is InChI=1S/C13H23NO4/c1-6-13(10(15)17-7-2)8-14(9-13)11(16)18-12(3,4)5/h6-9H2,1-5H3. The second-order valence-electron chi connectivity index (χ2n) is 5.69. The summed E-state index contributed by atoms with van der Waals surface area (Å²) in [6, 6.07) is 0. The SMILES string of the molecule is CCOC(=O)C1(CC)CN(C(=O)OC(C)(C)C)C1. The van der Waals surface area contributed by atoms with Crippen molar-refractivity contribution in [2.24, 2.45) is 5.41 Å². The Morgan fingerprint density at radius 3 is 2.17 bits per heavy atom. The van der Waals surface area contributed by atoms with E-state index in [0.29, 0.717) is 26.1 Å². The fraction of sp³-hybridized carbons (Fsp3) is 0.846. The van der Waals surface area contributed by atoms with Gasteiger partial charge in [-0.1, -0.05) is 6.92 Å². The van der Waals surface area contributed by atoms with Gasteiger partial charge in [-0.15, -0.1) is 0 Å². The first kappa shape index (κ1) is 14.8. The van der Waals surface area contributed by atoms with Crippen LogP contribution >= 0.6 is 0 Å². The minimum Gasteiger partial charge on any atom is -0.465 e. The van der Waals surface area contributed by atoms with Gasteiger partial charge in [-0.3, -0.25) is 4.79 Å². The second kappa shape index (κ2) is 5.16. The monoisotopic (exact) mass is 257 g/mol. The van der Waals surface area contributed by atoms with Crippen LogP contribution in [-0.2, 0) is 14.3 Å². The Bertz CT molecular complexity index is 326. The number of ether oxygens (including phenoxy) is 2. The Labute approximate surface area is 108 Å². The van der Waals surface area contributed by atoms with Gasteiger partial charge in [0.05, 0.1) is 6.61 Å². The molecule has 0 saturated carbocycles. The summed E-state index contributed by atoms with van der Waals surface area (Å²) in [5.41, 5.74) is -1.04. The summed E-state index contributed by atoms with van der Waals surface area (Å²) in [6.45, 7) is 10.3. The van der Waals surface area contributed by atoms with Crippen molar-refractivity contribution in [1.82, 2.24) is 4.90 Å². The maximum Gasteiger partial charge on any atom is 0.410 e. The maximum absolute atomic E-state index is 11.8. The highest BCUT2D eigenvalue weighted by Gasteiger charge is 2.51. The quantitative estimate of drug-likeness (QED) is 0.727. The predicted octanol–water partition coefficient (Wildman–Crippen LogP) is 2.20. The topological polar surface area (TPSA) is 55.8 Å². The number of carbonyl (C=O) groups excluding carboxylic acids is 2. The van der Waals surface area contributed by atoms with Crippen LogP contribution in [0.15, 0.2) is 0 Å². The summed E-state index contributed by atoms with van der Waals surface area (Å²) in [6.07, 6.45) is 0.307. The normalized spacial score (nSPS) is 17.9. The van der Waals surface area contributed by atoms with Gasteiger partial charge >= 0.3 is 12.1 Å². The fourth-order valence-electron chi connectivity index (χ4n) is 1.92. The first-order chi connectivity index (χ1) is 8.24. The largest absolute Gasteiger partial charge is 0.465 e. The van der Waals surface area contributed by atoms with Crippen LogP contribution in [0.5, 0.6) is 0 Å². The van der Waals surface area contributed by atoms with Crippen LogP contribution in [-0.4, -0.2) is 42.3 Å². The third kappa shape index (κ3) is 3.15. The number of esters is 1. The molecule has 1 amide bonds. The molecule has 0 aromatic rings. The first-order valence-corrected chi connectivity index (χ1v) is 6.39. The molecule has 5 heteroatoms. The highest BCUT2D eigenvalue weighted by Crippen LogP contribution is 2.36. The Kier molecular flexibility index (Phi) is 4.24. The zero-order valence-corrected chi connectivity index (χ0v) is 11.9. The third-order valence-electron chi connectivity index (χ3n) is 3.02. The van der Waals surface area contributed by atoms with E-state index in [1.54, 1.807) is 11.8 Å². The number of hydrogen-bond donors (Lipinski definition) is 0. The summed E-state index contributed by atoms with van der Waals surface area (Å²) in [7, 11) is 0. The third-order valence-corrected chi connectivity index (χ3v) is 3.02. The molecule has 0 unspecified atom stereocenters. The van der Waals surface area contributed by atoms with Gasteiger partial charge in [0.2, 0.25) is 0 Å². The van der Waals surface area contributed by atoms with Gasteiger partial charge in [0.1, 0.15) is 11.0 Å². The van der Waals surface area contributed by atoms with E-state index in [9.17, 15) is 9.59 Å². The van der Waals surface area contributed by atoms with Crippen molar-refractivity contribution < 1.29 is 19.1 Å². The van der Waals surface area contributed by atoms with E-state index >= 15 is 0 Å². The summed E-state index contributed by atoms with van der Waals surface area (Å²) < 4.78 is 10.3. The molecule has 0 atom stereocenters. The van der Waals surface area contributed by atoms with Crippen molar-refractivity contribution >= 4 is 12.1 Å². The van der Waals surface area contributed by atoms with Gasteiger partial charge in [-0.25, -0.2) is 4.79 Å². The molecule has 1 fully saturated rings. The molecule has 0 radical (unpaired) electrons. The molecule has 1 saturated heterocycles. The molecular formula is C13H23NO4. The number of nitrogens with zero attached hydrogens (tertiary/aromatic N) is 1. The molecular weight excluding hydrogens is 234 g/mol.